The van der Waals surface area contributed by atoms with Gasteiger partial charge in [-0.3, -0.25) is 14.5 Å². The Kier molecular flexibility index (Phi) is 7.60. The maximum atomic E-state index is 12.9. The van der Waals surface area contributed by atoms with Gasteiger partial charge in [0.05, 0.1) is 13.7 Å². The van der Waals surface area contributed by atoms with Gasteiger partial charge in [0.15, 0.2) is 11.5 Å². The van der Waals surface area contributed by atoms with Gasteiger partial charge in [-0.05, 0) is 56.5 Å². The molecule has 0 bridgehead atoms. The molecule has 0 saturated heterocycles. The van der Waals surface area contributed by atoms with Crippen LogP contribution in [-0.4, -0.2) is 36.5 Å². The molecule has 0 radical (unpaired) electrons. The molecule has 29 heavy (non-hydrogen) atoms. The van der Waals surface area contributed by atoms with Crippen LogP contribution in [-0.2, 0) is 9.59 Å². The highest BCUT2D eigenvalue weighted by Crippen LogP contribution is 2.32. The Morgan fingerprint density at radius 2 is 1.90 bits per heavy atom. The summed E-state index contributed by atoms with van der Waals surface area (Å²) in [7, 11) is 1.56. The van der Waals surface area contributed by atoms with Gasteiger partial charge in [-0.25, -0.2) is 0 Å². The Morgan fingerprint density at radius 1 is 1.17 bits per heavy atom. The highest BCUT2D eigenvalue weighted by atomic mass is 16.5. The third kappa shape index (κ3) is 4.86. The number of imide groups is 1. The second-order valence-corrected chi connectivity index (χ2v) is 7.21. The third-order valence-corrected chi connectivity index (χ3v) is 4.79. The summed E-state index contributed by atoms with van der Waals surface area (Å²) in [5.41, 5.74) is 1.43. The Bertz CT molecular complexity index is 891. The summed E-state index contributed by atoms with van der Waals surface area (Å²) in [4.78, 5) is 26.5. The van der Waals surface area contributed by atoms with E-state index in [4.69, 9.17) is 9.47 Å². The van der Waals surface area contributed by atoms with E-state index < -0.39 is 11.8 Å². The minimum absolute atomic E-state index is 0.00704. The topological polar surface area (TPSA) is 79.6 Å². The van der Waals surface area contributed by atoms with Gasteiger partial charge in [0.25, 0.3) is 11.8 Å². The van der Waals surface area contributed by atoms with Crippen LogP contribution in [0.1, 0.15) is 52.5 Å². The number of rotatable bonds is 8. The fourth-order valence-corrected chi connectivity index (χ4v) is 3.16. The van der Waals surface area contributed by atoms with Crippen molar-refractivity contribution in [3.05, 3.63) is 40.5 Å². The molecule has 0 N–H and O–H groups in total. The Balaban J connectivity index is 2.41. The fraction of sp³-hybridized carbons (Fsp3) is 0.435. The summed E-state index contributed by atoms with van der Waals surface area (Å²) >= 11 is 0. The highest BCUT2D eigenvalue weighted by molar-refractivity contribution is 6.19. The van der Waals surface area contributed by atoms with Crippen LogP contribution in [0.3, 0.4) is 0 Å². The molecule has 6 nitrogen and oxygen atoms in total. The maximum absolute atomic E-state index is 12.9. The van der Waals surface area contributed by atoms with E-state index in [0.717, 1.165) is 29.7 Å². The zero-order valence-corrected chi connectivity index (χ0v) is 17.7. The normalized spacial score (nSPS) is 15.9. The number of amides is 2. The number of benzene rings is 1. The van der Waals surface area contributed by atoms with Crippen LogP contribution in [0.5, 0.6) is 11.5 Å². The minimum Gasteiger partial charge on any atom is -0.493 e. The molecular formula is C23H28N2O4. The molecule has 0 atom stereocenters. The van der Waals surface area contributed by atoms with E-state index in [0.29, 0.717) is 29.3 Å². The van der Waals surface area contributed by atoms with Crippen molar-refractivity contribution < 1.29 is 19.1 Å². The molecule has 0 fully saturated rings. The highest BCUT2D eigenvalue weighted by Gasteiger charge is 2.36. The smallest absolute Gasteiger partial charge is 0.271 e. The van der Waals surface area contributed by atoms with Crippen LogP contribution in [0.4, 0.5) is 0 Å². The number of carbonyl (C=O) groups is 2. The lowest BCUT2D eigenvalue weighted by atomic mass is 9.93. The van der Waals surface area contributed by atoms with Crippen molar-refractivity contribution >= 4 is 17.9 Å². The van der Waals surface area contributed by atoms with Gasteiger partial charge < -0.3 is 9.47 Å². The molecule has 0 saturated carbocycles. The Labute approximate surface area is 172 Å². The van der Waals surface area contributed by atoms with E-state index in [1.54, 1.807) is 46.1 Å². The quantitative estimate of drug-likeness (QED) is 0.372. The zero-order chi connectivity index (χ0) is 21.6. The van der Waals surface area contributed by atoms with E-state index in [1.807, 2.05) is 12.1 Å². The van der Waals surface area contributed by atoms with Crippen LogP contribution in [0.2, 0.25) is 0 Å². The number of nitriles is 1. The lowest BCUT2D eigenvalue weighted by Crippen LogP contribution is -2.46. The number of nitrogens with zero attached hydrogens (tertiary/aromatic N) is 2. The van der Waals surface area contributed by atoms with Gasteiger partial charge in [-0.1, -0.05) is 25.8 Å². The summed E-state index contributed by atoms with van der Waals surface area (Å²) in [5, 5.41) is 9.41. The molecule has 1 aliphatic rings. The lowest BCUT2D eigenvalue weighted by molar-refractivity contribution is -0.142. The summed E-state index contributed by atoms with van der Waals surface area (Å²) in [6.45, 7) is 7.87. The van der Waals surface area contributed by atoms with Crippen LogP contribution < -0.4 is 9.47 Å². The average molecular weight is 396 g/mol. The van der Waals surface area contributed by atoms with Crippen molar-refractivity contribution in [2.24, 2.45) is 0 Å². The molecule has 6 heteroatoms. The zero-order valence-electron chi connectivity index (χ0n) is 17.7. The molecule has 1 aliphatic heterocycles. The average Bonchev–Trinajstić information content (AvgIpc) is 2.69. The number of hydrogen-bond acceptors (Lipinski definition) is 5. The number of methoxy groups -OCH3 is 1. The van der Waals surface area contributed by atoms with Crippen molar-refractivity contribution in [2.75, 3.05) is 13.7 Å². The minimum atomic E-state index is -0.546. The molecule has 1 aromatic rings. The van der Waals surface area contributed by atoms with E-state index in [2.05, 4.69) is 6.92 Å². The number of ether oxygens (including phenoxy) is 2. The predicted octanol–water partition coefficient (Wildman–Crippen LogP) is 4.26. The summed E-state index contributed by atoms with van der Waals surface area (Å²) in [6.07, 6.45) is 4.88. The summed E-state index contributed by atoms with van der Waals surface area (Å²) in [6, 6.07) is 7.01. The van der Waals surface area contributed by atoms with E-state index in [-0.39, 0.29) is 11.6 Å². The summed E-state index contributed by atoms with van der Waals surface area (Å²) < 4.78 is 11.2. The second-order valence-electron chi connectivity index (χ2n) is 7.21. The SMILES string of the molecule is CCCCCOc1ccc(/C=C2/C(=O)N(C(C)C)C(=O)C(C#N)=C2C)cc1OC. The van der Waals surface area contributed by atoms with Crippen molar-refractivity contribution in [2.45, 2.75) is 53.0 Å². The molecule has 0 aromatic heterocycles. The van der Waals surface area contributed by atoms with Gasteiger partial charge in [-0.2, -0.15) is 5.26 Å². The standard InChI is InChI=1S/C23H28N2O4/c1-6-7-8-11-29-20-10-9-17(13-21(20)28-5)12-18-16(4)19(14-24)23(27)25(15(2)3)22(18)26/h9-10,12-13,15H,6-8,11H2,1-5H3/b18-12+. The Hall–Kier alpha value is -3.07. The van der Waals surface area contributed by atoms with Crippen LogP contribution >= 0.6 is 0 Å². The number of hydrogen-bond donors (Lipinski definition) is 0. The van der Waals surface area contributed by atoms with Crippen molar-refractivity contribution in [3.8, 4) is 17.6 Å². The maximum Gasteiger partial charge on any atom is 0.271 e. The van der Waals surface area contributed by atoms with E-state index in [1.165, 1.54) is 0 Å². The first kappa shape index (κ1) is 22.2. The van der Waals surface area contributed by atoms with Crippen molar-refractivity contribution in [3.63, 3.8) is 0 Å². The molecule has 1 heterocycles. The van der Waals surface area contributed by atoms with Gasteiger partial charge in [-0.15, -0.1) is 0 Å². The number of unbranched alkanes of at least 4 members (excludes halogenated alkanes) is 2. The molecule has 1 aromatic carbocycles. The number of carbonyl (C=O) groups excluding carboxylic acids is 2. The largest absolute Gasteiger partial charge is 0.493 e. The van der Waals surface area contributed by atoms with Gasteiger partial charge in [0, 0.05) is 11.6 Å². The van der Waals surface area contributed by atoms with Gasteiger partial charge in [0.1, 0.15) is 11.6 Å². The molecule has 2 amide bonds. The lowest BCUT2D eigenvalue weighted by Gasteiger charge is -2.30. The molecule has 0 aliphatic carbocycles. The fourth-order valence-electron chi connectivity index (χ4n) is 3.16. The van der Waals surface area contributed by atoms with E-state index >= 15 is 0 Å². The first-order valence-electron chi connectivity index (χ1n) is 9.87. The van der Waals surface area contributed by atoms with Crippen LogP contribution in [0, 0.1) is 11.3 Å². The third-order valence-electron chi connectivity index (χ3n) is 4.79. The van der Waals surface area contributed by atoms with Crippen molar-refractivity contribution in [1.82, 2.24) is 4.90 Å². The van der Waals surface area contributed by atoms with Gasteiger partial charge in [0.2, 0.25) is 0 Å². The first-order chi connectivity index (χ1) is 13.8. The molecule has 2 rings (SSSR count). The monoisotopic (exact) mass is 396 g/mol. The van der Waals surface area contributed by atoms with Crippen LogP contribution in [0.25, 0.3) is 6.08 Å². The summed E-state index contributed by atoms with van der Waals surface area (Å²) in [5.74, 6) is 0.263. The Morgan fingerprint density at radius 3 is 2.48 bits per heavy atom. The van der Waals surface area contributed by atoms with Crippen molar-refractivity contribution in [1.29, 1.82) is 5.26 Å². The predicted molar refractivity (Wildman–Crippen MR) is 111 cm³/mol. The molecule has 0 spiro atoms. The molecule has 0 unspecified atom stereocenters. The van der Waals surface area contributed by atoms with E-state index in [9.17, 15) is 14.9 Å². The molecule has 154 valence electrons. The molecular weight excluding hydrogens is 368 g/mol. The second kappa shape index (κ2) is 9.92. The van der Waals surface area contributed by atoms with Crippen LogP contribution in [0.15, 0.2) is 34.9 Å². The van der Waals surface area contributed by atoms with Gasteiger partial charge >= 0.3 is 0 Å². The first-order valence-corrected chi connectivity index (χ1v) is 9.87.